The second-order valence-corrected chi connectivity index (χ2v) is 4.91. The first-order valence-electron chi connectivity index (χ1n) is 7.68. The van der Waals surface area contributed by atoms with Crippen LogP contribution in [0.1, 0.15) is 20.3 Å². The molecule has 0 fully saturated rings. The van der Waals surface area contributed by atoms with E-state index in [0.717, 1.165) is 0 Å². The van der Waals surface area contributed by atoms with Gasteiger partial charge in [-0.2, -0.15) is 0 Å². The summed E-state index contributed by atoms with van der Waals surface area (Å²) in [6, 6.07) is 6.85. The van der Waals surface area contributed by atoms with Gasteiger partial charge in [0, 0.05) is 12.7 Å². The van der Waals surface area contributed by atoms with Crippen LogP contribution in [0, 0.1) is 5.92 Å². The molecule has 0 aliphatic rings. The second-order valence-electron chi connectivity index (χ2n) is 4.91. The summed E-state index contributed by atoms with van der Waals surface area (Å²) in [5.41, 5.74) is 0.618. The highest BCUT2D eigenvalue weighted by molar-refractivity contribution is 6.02. The minimum atomic E-state index is -1.27. The topological polar surface area (TPSA) is 82.1 Å². The van der Waals surface area contributed by atoms with Crippen LogP contribution in [-0.2, 0) is 23.9 Å². The minimum absolute atomic E-state index is 0.122. The van der Waals surface area contributed by atoms with E-state index >= 15 is 0 Å². The largest absolute Gasteiger partial charge is 0.497 e. The van der Waals surface area contributed by atoms with Gasteiger partial charge in [0.2, 0.25) is 5.91 Å². The fourth-order valence-electron chi connectivity index (χ4n) is 2.01. The molecule has 0 aliphatic heterocycles. The maximum atomic E-state index is 12.4. The molecule has 0 N–H and O–H groups in total. The monoisotopic (exact) mass is 337 g/mol. The highest BCUT2D eigenvalue weighted by atomic mass is 16.6. The van der Waals surface area contributed by atoms with E-state index in [-0.39, 0.29) is 19.6 Å². The van der Waals surface area contributed by atoms with Gasteiger partial charge in [0.1, 0.15) is 5.75 Å². The van der Waals surface area contributed by atoms with Crippen molar-refractivity contribution >= 4 is 23.5 Å². The Morgan fingerprint density at radius 3 is 1.92 bits per heavy atom. The predicted octanol–water partition coefficient (Wildman–Crippen LogP) is 1.79. The van der Waals surface area contributed by atoms with E-state index in [1.807, 2.05) is 0 Å². The van der Waals surface area contributed by atoms with Gasteiger partial charge in [-0.3, -0.25) is 14.4 Å². The Hall–Kier alpha value is -2.57. The van der Waals surface area contributed by atoms with E-state index in [2.05, 4.69) is 0 Å². The maximum Gasteiger partial charge on any atom is 0.320 e. The summed E-state index contributed by atoms with van der Waals surface area (Å²) >= 11 is 0. The molecule has 0 spiro atoms. The number of esters is 2. The SMILES string of the molecule is CCOC(=O)C(CC(=O)N(C)c1ccc(OC)cc1)C(=O)OCC. The number of hydrogen-bond acceptors (Lipinski definition) is 6. The molecular formula is C17H23NO6. The third kappa shape index (κ3) is 5.26. The third-order valence-electron chi connectivity index (χ3n) is 3.35. The Bertz CT molecular complexity index is 551. The van der Waals surface area contributed by atoms with Gasteiger partial charge in [0.05, 0.1) is 26.7 Å². The van der Waals surface area contributed by atoms with E-state index in [9.17, 15) is 14.4 Å². The number of rotatable bonds is 8. The number of anilines is 1. The van der Waals surface area contributed by atoms with E-state index < -0.39 is 23.8 Å². The number of methoxy groups -OCH3 is 1. The lowest BCUT2D eigenvalue weighted by Crippen LogP contribution is -2.35. The average Bonchev–Trinajstić information content (AvgIpc) is 2.59. The molecule has 0 unspecified atom stereocenters. The lowest BCUT2D eigenvalue weighted by atomic mass is 10.0. The van der Waals surface area contributed by atoms with Crippen molar-refractivity contribution in [2.75, 3.05) is 32.3 Å². The van der Waals surface area contributed by atoms with Crippen molar-refractivity contribution in [2.24, 2.45) is 5.92 Å². The van der Waals surface area contributed by atoms with Crippen LogP contribution in [0.3, 0.4) is 0 Å². The van der Waals surface area contributed by atoms with Crippen molar-refractivity contribution in [3.05, 3.63) is 24.3 Å². The predicted molar refractivity (Wildman–Crippen MR) is 87.8 cm³/mol. The number of nitrogens with zero attached hydrogens (tertiary/aromatic N) is 1. The zero-order valence-corrected chi connectivity index (χ0v) is 14.4. The summed E-state index contributed by atoms with van der Waals surface area (Å²) in [5, 5.41) is 0. The van der Waals surface area contributed by atoms with Crippen molar-refractivity contribution in [2.45, 2.75) is 20.3 Å². The minimum Gasteiger partial charge on any atom is -0.497 e. The molecule has 7 heteroatoms. The van der Waals surface area contributed by atoms with Gasteiger partial charge in [0.25, 0.3) is 0 Å². The number of carbonyl (C=O) groups excluding carboxylic acids is 3. The van der Waals surface area contributed by atoms with Gasteiger partial charge in [-0.1, -0.05) is 0 Å². The summed E-state index contributed by atoms with van der Waals surface area (Å²) in [6.45, 7) is 3.51. The molecule has 24 heavy (non-hydrogen) atoms. The molecule has 0 aromatic heterocycles. The molecule has 0 saturated heterocycles. The van der Waals surface area contributed by atoms with Crippen LogP contribution in [0.2, 0.25) is 0 Å². The zero-order valence-electron chi connectivity index (χ0n) is 14.4. The number of benzene rings is 1. The molecule has 0 aliphatic carbocycles. The lowest BCUT2D eigenvalue weighted by molar-refractivity contribution is -0.163. The van der Waals surface area contributed by atoms with Gasteiger partial charge in [-0.05, 0) is 38.1 Å². The first-order chi connectivity index (χ1) is 11.4. The van der Waals surface area contributed by atoms with Crippen LogP contribution in [0.5, 0.6) is 5.75 Å². The standard InChI is InChI=1S/C17H23NO6/c1-5-23-16(20)14(17(21)24-6-2)11-15(19)18(3)12-7-9-13(22-4)10-8-12/h7-10,14H,5-6,11H2,1-4H3. The molecule has 132 valence electrons. The van der Waals surface area contributed by atoms with Gasteiger partial charge in [-0.15, -0.1) is 0 Å². The molecule has 0 heterocycles. The quantitative estimate of drug-likeness (QED) is 0.531. The van der Waals surface area contributed by atoms with E-state index in [0.29, 0.717) is 11.4 Å². The van der Waals surface area contributed by atoms with E-state index in [1.54, 1.807) is 52.3 Å². The molecule has 0 bridgehead atoms. The molecule has 7 nitrogen and oxygen atoms in total. The molecule has 0 atom stereocenters. The van der Waals surface area contributed by atoms with Crippen LogP contribution in [0.4, 0.5) is 5.69 Å². The van der Waals surface area contributed by atoms with Crippen molar-refractivity contribution in [1.82, 2.24) is 0 Å². The van der Waals surface area contributed by atoms with Crippen molar-refractivity contribution in [3.63, 3.8) is 0 Å². The van der Waals surface area contributed by atoms with E-state index in [1.165, 1.54) is 4.90 Å². The Kier molecular flexibility index (Phi) is 7.74. The highest BCUT2D eigenvalue weighted by Crippen LogP contribution is 2.20. The first-order valence-corrected chi connectivity index (χ1v) is 7.68. The molecule has 0 radical (unpaired) electrons. The molecule has 1 aromatic rings. The van der Waals surface area contributed by atoms with Crippen molar-refractivity contribution in [1.29, 1.82) is 0 Å². The highest BCUT2D eigenvalue weighted by Gasteiger charge is 2.33. The van der Waals surface area contributed by atoms with Crippen molar-refractivity contribution < 1.29 is 28.6 Å². The molecule has 0 saturated carbocycles. The second kappa shape index (κ2) is 9.54. The van der Waals surface area contributed by atoms with Crippen LogP contribution in [0.25, 0.3) is 0 Å². The lowest BCUT2D eigenvalue weighted by Gasteiger charge is -2.20. The van der Waals surface area contributed by atoms with Crippen LogP contribution in [0.15, 0.2) is 24.3 Å². The summed E-state index contributed by atoms with van der Waals surface area (Å²) in [7, 11) is 3.12. The van der Waals surface area contributed by atoms with Crippen LogP contribution >= 0.6 is 0 Å². The summed E-state index contributed by atoms with van der Waals surface area (Å²) < 4.78 is 14.8. The summed E-state index contributed by atoms with van der Waals surface area (Å²) in [6.07, 6.45) is -0.319. The maximum absolute atomic E-state index is 12.4. The number of amides is 1. The third-order valence-corrected chi connectivity index (χ3v) is 3.35. The van der Waals surface area contributed by atoms with Crippen LogP contribution in [-0.4, -0.2) is 45.2 Å². The van der Waals surface area contributed by atoms with Gasteiger partial charge >= 0.3 is 11.9 Å². The fraction of sp³-hybridized carbons (Fsp3) is 0.471. The molecule has 1 aromatic carbocycles. The smallest absolute Gasteiger partial charge is 0.320 e. The summed E-state index contributed by atoms with van der Waals surface area (Å²) in [5.74, 6) is -2.51. The van der Waals surface area contributed by atoms with Crippen LogP contribution < -0.4 is 9.64 Å². The first kappa shape index (κ1) is 19.5. The Morgan fingerprint density at radius 2 is 1.50 bits per heavy atom. The van der Waals surface area contributed by atoms with Gasteiger partial charge in [0.15, 0.2) is 5.92 Å². The van der Waals surface area contributed by atoms with Crippen molar-refractivity contribution in [3.8, 4) is 5.75 Å². The van der Waals surface area contributed by atoms with E-state index in [4.69, 9.17) is 14.2 Å². The fourth-order valence-corrected chi connectivity index (χ4v) is 2.01. The number of hydrogen-bond donors (Lipinski definition) is 0. The van der Waals surface area contributed by atoms with Gasteiger partial charge < -0.3 is 19.1 Å². The number of carbonyl (C=O) groups is 3. The van der Waals surface area contributed by atoms with Gasteiger partial charge in [-0.25, -0.2) is 0 Å². The molecular weight excluding hydrogens is 314 g/mol. The Labute approximate surface area is 141 Å². The zero-order chi connectivity index (χ0) is 18.1. The Balaban J connectivity index is 2.84. The number of ether oxygens (including phenoxy) is 3. The Morgan fingerprint density at radius 1 is 1.00 bits per heavy atom. The molecule has 1 amide bonds. The molecule has 1 rings (SSSR count). The normalized spacial score (nSPS) is 10.2. The summed E-state index contributed by atoms with van der Waals surface area (Å²) in [4.78, 5) is 37.6. The average molecular weight is 337 g/mol.